The molecule has 0 atom stereocenters. The number of carbonyl (C=O) groups is 1. The van der Waals surface area contributed by atoms with Gasteiger partial charge in [0.1, 0.15) is 0 Å². The second kappa shape index (κ2) is 6.70. The van der Waals surface area contributed by atoms with Crippen LogP contribution in [0.4, 0.5) is 5.69 Å². The smallest absolute Gasteiger partial charge is 0.237 e. The first-order valence-corrected chi connectivity index (χ1v) is 8.03. The van der Waals surface area contributed by atoms with Gasteiger partial charge in [0.05, 0.1) is 12.0 Å². The Morgan fingerprint density at radius 2 is 2.00 bits per heavy atom. The second-order valence-electron chi connectivity index (χ2n) is 4.92. The van der Waals surface area contributed by atoms with Crippen LogP contribution < -0.4 is 4.90 Å². The molecule has 6 nitrogen and oxygen atoms in total. The highest BCUT2D eigenvalue weighted by molar-refractivity contribution is 7.99. The molecule has 0 unspecified atom stereocenters. The second-order valence-corrected chi connectivity index (χ2v) is 5.86. The number of carbonyl (C=O) groups excluding carboxylic acids is 1. The molecule has 0 spiro atoms. The molecule has 0 saturated carbocycles. The Hall–Kier alpha value is -2.54. The van der Waals surface area contributed by atoms with Crippen molar-refractivity contribution in [3.05, 3.63) is 48.7 Å². The van der Waals surface area contributed by atoms with Crippen LogP contribution >= 0.6 is 11.8 Å². The van der Waals surface area contributed by atoms with E-state index in [0.717, 1.165) is 5.69 Å². The Kier molecular flexibility index (Phi) is 4.47. The van der Waals surface area contributed by atoms with Crippen LogP contribution in [0.5, 0.6) is 0 Å². The zero-order chi connectivity index (χ0) is 16.2. The van der Waals surface area contributed by atoms with Crippen molar-refractivity contribution in [1.29, 1.82) is 0 Å². The van der Waals surface area contributed by atoms with Gasteiger partial charge in [-0.1, -0.05) is 30.0 Å². The average molecular weight is 328 g/mol. The lowest BCUT2D eigenvalue weighted by atomic mass is 10.3. The van der Waals surface area contributed by atoms with Gasteiger partial charge < -0.3 is 13.9 Å². The zero-order valence-electron chi connectivity index (χ0n) is 12.8. The Balaban J connectivity index is 1.66. The summed E-state index contributed by atoms with van der Waals surface area (Å²) in [5.41, 5.74) is 0.868. The van der Waals surface area contributed by atoms with Crippen molar-refractivity contribution in [2.45, 2.75) is 5.16 Å². The summed E-state index contributed by atoms with van der Waals surface area (Å²) in [6, 6.07) is 13.2. The quantitative estimate of drug-likeness (QED) is 0.674. The molecule has 0 bridgehead atoms. The summed E-state index contributed by atoms with van der Waals surface area (Å²) in [5, 5.41) is 8.91. The van der Waals surface area contributed by atoms with E-state index in [0.29, 0.717) is 16.7 Å². The predicted octanol–water partition coefficient (Wildman–Crippen LogP) is 2.83. The van der Waals surface area contributed by atoms with Crippen molar-refractivity contribution < 1.29 is 9.21 Å². The van der Waals surface area contributed by atoms with Crippen LogP contribution in [0.2, 0.25) is 0 Å². The summed E-state index contributed by atoms with van der Waals surface area (Å²) < 4.78 is 7.15. The summed E-state index contributed by atoms with van der Waals surface area (Å²) in [6.07, 6.45) is 1.59. The molecule has 0 N–H and O–H groups in total. The Bertz CT molecular complexity index is 784. The van der Waals surface area contributed by atoms with Crippen molar-refractivity contribution in [2.24, 2.45) is 7.05 Å². The van der Waals surface area contributed by atoms with Gasteiger partial charge >= 0.3 is 0 Å². The number of benzene rings is 1. The lowest BCUT2D eigenvalue weighted by Crippen LogP contribution is -2.27. The van der Waals surface area contributed by atoms with Crippen LogP contribution in [0.25, 0.3) is 11.6 Å². The third-order valence-electron chi connectivity index (χ3n) is 3.42. The summed E-state index contributed by atoms with van der Waals surface area (Å²) in [5.74, 6) is 1.58. The largest absolute Gasteiger partial charge is 0.461 e. The van der Waals surface area contributed by atoms with Gasteiger partial charge in [0.15, 0.2) is 16.7 Å². The number of para-hydroxylation sites is 1. The molecule has 1 amide bonds. The number of rotatable bonds is 5. The maximum absolute atomic E-state index is 12.3. The number of nitrogens with zero attached hydrogens (tertiary/aromatic N) is 4. The molecule has 2 heterocycles. The fraction of sp³-hybridized carbons (Fsp3) is 0.188. The Labute approximate surface area is 138 Å². The van der Waals surface area contributed by atoms with E-state index in [-0.39, 0.29) is 11.7 Å². The van der Waals surface area contributed by atoms with Gasteiger partial charge in [0, 0.05) is 19.8 Å². The molecule has 2 aromatic heterocycles. The minimum Gasteiger partial charge on any atom is -0.461 e. The number of furan rings is 1. The Morgan fingerprint density at radius 1 is 1.22 bits per heavy atom. The highest BCUT2D eigenvalue weighted by Crippen LogP contribution is 2.23. The number of anilines is 1. The van der Waals surface area contributed by atoms with E-state index in [2.05, 4.69) is 10.2 Å². The van der Waals surface area contributed by atoms with E-state index in [9.17, 15) is 4.79 Å². The lowest BCUT2D eigenvalue weighted by molar-refractivity contribution is -0.115. The van der Waals surface area contributed by atoms with Gasteiger partial charge in [-0.05, 0) is 24.3 Å². The van der Waals surface area contributed by atoms with E-state index >= 15 is 0 Å². The van der Waals surface area contributed by atoms with E-state index in [4.69, 9.17) is 4.42 Å². The SMILES string of the molecule is CN(C(=O)CSc1nnc(-c2ccco2)n1C)c1ccccc1. The standard InChI is InChI=1S/C16H16N4O2S/c1-19(12-7-4-3-5-8-12)14(21)11-23-16-18-17-15(20(16)2)13-9-6-10-22-13/h3-10H,11H2,1-2H3. The van der Waals surface area contributed by atoms with Crippen LogP contribution in [0.15, 0.2) is 58.3 Å². The van der Waals surface area contributed by atoms with Gasteiger partial charge in [-0.25, -0.2) is 0 Å². The molecular formula is C16H16N4O2S. The first-order chi connectivity index (χ1) is 11.2. The number of aromatic nitrogens is 3. The van der Waals surface area contributed by atoms with Crippen LogP contribution in [-0.4, -0.2) is 33.5 Å². The first-order valence-electron chi connectivity index (χ1n) is 7.04. The predicted molar refractivity (Wildman–Crippen MR) is 89.3 cm³/mol. The van der Waals surface area contributed by atoms with Gasteiger partial charge in [-0.3, -0.25) is 4.79 Å². The fourth-order valence-corrected chi connectivity index (χ4v) is 2.90. The fourth-order valence-electron chi connectivity index (χ4n) is 2.08. The maximum atomic E-state index is 12.3. The Morgan fingerprint density at radius 3 is 2.70 bits per heavy atom. The molecule has 0 aliphatic heterocycles. The molecule has 118 valence electrons. The van der Waals surface area contributed by atoms with Gasteiger partial charge in [-0.2, -0.15) is 0 Å². The minimum absolute atomic E-state index is 0.00347. The normalized spacial score (nSPS) is 10.7. The first kappa shape index (κ1) is 15.4. The topological polar surface area (TPSA) is 64.2 Å². The molecule has 7 heteroatoms. The van der Waals surface area contributed by atoms with Crippen molar-refractivity contribution in [3.8, 4) is 11.6 Å². The van der Waals surface area contributed by atoms with Crippen molar-refractivity contribution in [3.63, 3.8) is 0 Å². The molecule has 3 rings (SSSR count). The number of amides is 1. The highest BCUT2D eigenvalue weighted by atomic mass is 32.2. The number of hydrogen-bond acceptors (Lipinski definition) is 5. The molecule has 3 aromatic rings. The van der Waals surface area contributed by atoms with Crippen molar-refractivity contribution in [1.82, 2.24) is 14.8 Å². The maximum Gasteiger partial charge on any atom is 0.237 e. The van der Waals surface area contributed by atoms with Gasteiger partial charge in [-0.15, -0.1) is 10.2 Å². The highest BCUT2D eigenvalue weighted by Gasteiger charge is 2.16. The third kappa shape index (κ3) is 3.29. The van der Waals surface area contributed by atoms with E-state index in [1.807, 2.05) is 48.0 Å². The molecular weight excluding hydrogens is 312 g/mol. The van der Waals surface area contributed by atoms with Crippen LogP contribution in [0.1, 0.15) is 0 Å². The van der Waals surface area contributed by atoms with Crippen LogP contribution in [-0.2, 0) is 11.8 Å². The van der Waals surface area contributed by atoms with Gasteiger partial charge in [0.25, 0.3) is 0 Å². The summed E-state index contributed by atoms with van der Waals surface area (Å²) in [4.78, 5) is 13.9. The molecule has 0 aliphatic rings. The van der Waals surface area contributed by atoms with Crippen LogP contribution in [0.3, 0.4) is 0 Å². The summed E-state index contributed by atoms with van der Waals surface area (Å²) >= 11 is 1.35. The summed E-state index contributed by atoms with van der Waals surface area (Å²) in [6.45, 7) is 0. The van der Waals surface area contributed by atoms with E-state index in [1.165, 1.54) is 11.8 Å². The van der Waals surface area contributed by atoms with E-state index in [1.54, 1.807) is 24.3 Å². The third-order valence-corrected chi connectivity index (χ3v) is 4.42. The van der Waals surface area contributed by atoms with Gasteiger partial charge in [0.2, 0.25) is 5.91 Å². The van der Waals surface area contributed by atoms with Crippen molar-refractivity contribution in [2.75, 3.05) is 17.7 Å². The van der Waals surface area contributed by atoms with Crippen LogP contribution in [0, 0.1) is 0 Å². The molecule has 23 heavy (non-hydrogen) atoms. The number of thioether (sulfide) groups is 1. The molecule has 0 radical (unpaired) electrons. The zero-order valence-corrected chi connectivity index (χ0v) is 13.7. The molecule has 1 aromatic carbocycles. The molecule has 0 aliphatic carbocycles. The summed E-state index contributed by atoms with van der Waals surface area (Å²) in [7, 11) is 3.62. The number of hydrogen-bond donors (Lipinski definition) is 0. The van der Waals surface area contributed by atoms with Crippen molar-refractivity contribution >= 4 is 23.4 Å². The minimum atomic E-state index is 0.00347. The monoisotopic (exact) mass is 328 g/mol. The molecule has 0 saturated heterocycles. The average Bonchev–Trinajstić information content (AvgIpc) is 3.22. The van der Waals surface area contributed by atoms with E-state index < -0.39 is 0 Å². The molecule has 0 fully saturated rings. The lowest BCUT2D eigenvalue weighted by Gasteiger charge is -2.16.